The Labute approximate surface area is 179 Å². The fourth-order valence-electron chi connectivity index (χ4n) is 3.73. The van der Waals surface area contributed by atoms with Crippen molar-refractivity contribution in [1.29, 1.82) is 0 Å². The third-order valence-corrected chi connectivity index (χ3v) is 5.59. The minimum absolute atomic E-state index is 0.205. The first-order valence-electron chi connectivity index (χ1n) is 10.7. The van der Waals surface area contributed by atoms with Crippen LogP contribution in [0.2, 0.25) is 0 Å². The Balaban J connectivity index is 1.47. The van der Waals surface area contributed by atoms with Gasteiger partial charge in [0.05, 0.1) is 13.2 Å². The Hall–Kier alpha value is -2.12. The maximum Gasteiger partial charge on any atom is 0.161 e. The standard InChI is InChI=1S/C24H34N2O4/c1-18-5-3-4-6-20(18)15-25-14-19-7-8-23(24(13-19)29-2)30-17-22(28)16-26-11-9-21(27)10-12-26/h3-8,13,21-22,25,27-28H,9-12,14-17H2,1-2H3. The summed E-state index contributed by atoms with van der Waals surface area (Å²) in [5.74, 6) is 1.30. The predicted octanol–water partition coefficient (Wildman–Crippen LogP) is 2.49. The van der Waals surface area contributed by atoms with Gasteiger partial charge in [-0.15, -0.1) is 0 Å². The first-order chi connectivity index (χ1) is 14.5. The van der Waals surface area contributed by atoms with E-state index < -0.39 is 6.10 Å². The number of rotatable bonds is 10. The molecule has 1 aliphatic rings. The van der Waals surface area contributed by atoms with Gasteiger partial charge in [-0.3, -0.25) is 0 Å². The van der Waals surface area contributed by atoms with Gasteiger partial charge in [-0.05, 0) is 48.6 Å². The van der Waals surface area contributed by atoms with E-state index >= 15 is 0 Å². The van der Waals surface area contributed by atoms with Gasteiger partial charge in [-0.25, -0.2) is 0 Å². The van der Waals surface area contributed by atoms with Gasteiger partial charge < -0.3 is 29.9 Å². The highest BCUT2D eigenvalue weighted by Gasteiger charge is 2.20. The first kappa shape index (κ1) is 22.6. The number of ether oxygens (including phenoxy) is 2. The van der Waals surface area contributed by atoms with Gasteiger partial charge >= 0.3 is 0 Å². The average molecular weight is 415 g/mol. The Morgan fingerprint density at radius 2 is 1.87 bits per heavy atom. The van der Waals surface area contributed by atoms with E-state index in [1.165, 1.54) is 11.1 Å². The van der Waals surface area contributed by atoms with E-state index in [1.807, 2.05) is 18.2 Å². The molecule has 1 aliphatic heterocycles. The van der Waals surface area contributed by atoms with Crippen LogP contribution in [0.3, 0.4) is 0 Å². The summed E-state index contributed by atoms with van der Waals surface area (Å²) in [6.07, 6.45) is 0.741. The number of methoxy groups -OCH3 is 1. The van der Waals surface area contributed by atoms with E-state index in [0.717, 1.165) is 44.6 Å². The van der Waals surface area contributed by atoms with Crippen molar-refractivity contribution < 1.29 is 19.7 Å². The molecule has 2 aromatic rings. The first-order valence-corrected chi connectivity index (χ1v) is 10.7. The highest BCUT2D eigenvalue weighted by atomic mass is 16.5. The van der Waals surface area contributed by atoms with Crippen molar-refractivity contribution in [3.05, 3.63) is 59.2 Å². The van der Waals surface area contributed by atoms with Crippen LogP contribution in [-0.2, 0) is 13.1 Å². The zero-order valence-electron chi connectivity index (χ0n) is 18.0. The molecule has 0 saturated carbocycles. The number of β-amino-alcohol motifs (C(OH)–C–C–N with tert-alkyl or cyclic N) is 1. The normalized spacial score (nSPS) is 16.4. The summed E-state index contributed by atoms with van der Waals surface area (Å²) in [6.45, 7) is 6.05. The lowest BCUT2D eigenvalue weighted by atomic mass is 10.1. The summed E-state index contributed by atoms with van der Waals surface area (Å²) in [5, 5.41) is 23.4. The van der Waals surface area contributed by atoms with Crippen LogP contribution >= 0.6 is 0 Å². The van der Waals surface area contributed by atoms with Gasteiger partial charge in [0.1, 0.15) is 12.7 Å². The van der Waals surface area contributed by atoms with Crippen LogP contribution in [0.25, 0.3) is 0 Å². The van der Waals surface area contributed by atoms with Crippen molar-refractivity contribution >= 4 is 0 Å². The summed E-state index contributed by atoms with van der Waals surface area (Å²) in [7, 11) is 1.63. The summed E-state index contributed by atoms with van der Waals surface area (Å²) < 4.78 is 11.3. The zero-order chi connectivity index (χ0) is 21.3. The quantitative estimate of drug-likeness (QED) is 0.555. The number of aryl methyl sites for hydroxylation is 1. The van der Waals surface area contributed by atoms with Crippen LogP contribution in [0.4, 0.5) is 0 Å². The molecule has 1 atom stereocenters. The average Bonchev–Trinajstić information content (AvgIpc) is 2.75. The smallest absolute Gasteiger partial charge is 0.161 e. The Bertz CT molecular complexity index is 791. The molecule has 3 N–H and O–H groups in total. The van der Waals surface area contributed by atoms with E-state index in [1.54, 1.807) is 7.11 Å². The Morgan fingerprint density at radius 1 is 1.10 bits per heavy atom. The molecule has 30 heavy (non-hydrogen) atoms. The van der Waals surface area contributed by atoms with Crippen molar-refractivity contribution in [3.63, 3.8) is 0 Å². The highest BCUT2D eigenvalue weighted by molar-refractivity contribution is 5.43. The maximum atomic E-state index is 10.3. The number of likely N-dealkylation sites (tertiary alicyclic amines) is 1. The largest absolute Gasteiger partial charge is 0.493 e. The maximum absolute atomic E-state index is 10.3. The van der Waals surface area contributed by atoms with E-state index in [0.29, 0.717) is 18.0 Å². The molecule has 1 fully saturated rings. The molecule has 1 saturated heterocycles. The molecule has 6 heteroatoms. The number of nitrogens with one attached hydrogen (secondary N) is 1. The van der Waals surface area contributed by atoms with Crippen LogP contribution in [0, 0.1) is 6.92 Å². The van der Waals surface area contributed by atoms with Gasteiger partial charge in [-0.1, -0.05) is 30.3 Å². The number of hydrogen-bond acceptors (Lipinski definition) is 6. The van der Waals surface area contributed by atoms with Crippen LogP contribution < -0.4 is 14.8 Å². The molecule has 0 radical (unpaired) electrons. The van der Waals surface area contributed by atoms with Gasteiger partial charge in [0.25, 0.3) is 0 Å². The van der Waals surface area contributed by atoms with Crippen molar-refractivity contribution in [2.24, 2.45) is 0 Å². The summed E-state index contributed by atoms with van der Waals surface area (Å²) >= 11 is 0. The van der Waals surface area contributed by atoms with Crippen LogP contribution in [-0.4, -0.2) is 60.7 Å². The molecule has 164 valence electrons. The van der Waals surface area contributed by atoms with E-state index in [4.69, 9.17) is 9.47 Å². The molecule has 1 heterocycles. The molecular formula is C24H34N2O4. The van der Waals surface area contributed by atoms with Crippen LogP contribution in [0.5, 0.6) is 11.5 Å². The number of benzene rings is 2. The fraction of sp³-hybridized carbons (Fsp3) is 0.500. The van der Waals surface area contributed by atoms with Gasteiger partial charge in [0.2, 0.25) is 0 Å². The molecule has 0 bridgehead atoms. The lowest BCUT2D eigenvalue weighted by Gasteiger charge is -2.30. The van der Waals surface area contributed by atoms with E-state index in [2.05, 4.69) is 41.4 Å². The van der Waals surface area contributed by atoms with Gasteiger partial charge in [0, 0.05) is 32.7 Å². The Kier molecular flexibility index (Phi) is 8.51. The predicted molar refractivity (Wildman–Crippen MR) is 118 cm³/mol. The Morgan fingerprint density at radius 3 is 2.60 bits per heavy atom. The topological polar surface area (TPSA) is 74.2 Å². The van der Waals surface area contributed by atoms with Crippen molar-refractivity contribution in [3.8, 4) is 11.5 Å². The van der Waals surface area contributed by atoms with E-state index in [9.17, 15) is 10.2 Å². The molecule has 2 aromatic carbocycles. The van der Waals surface area contributed by atoms with Crippen LogP contribution in [0.15, 0.2) is 42.5 Å². The van der Waals surface area contributed by atoms with Crippen molar-refractivity contribution in [1.82, 2.24) is 10.2 Å². The van der Waals surface area contributed by atoms with Crippen LogP contribution in [0.1, 0.15) is 29.5 Å². The summed E-state index contributed by atoms with van der Waals surface area (Å²) in [5.41, 5.74) is 3.69. The van der Waals surface area contributed by atoms with E-state index in [-0.39, 0.29) is 12.7 Å². The lowest BCUT2D eigenvalue weighted by molar-refractivity contribution is 0.0333. The number of hydrogen-bond donors (Lipinski definition) is 3. The van der Waals surface area contributed by atoms with Gasteiger partial charge in [-0.2, -0.15) is 0 Å². The lowest BCUT2D eigenvalue weighted by Crippen LogP contribution is -2.41. The second-order valence-electron chi connectivity index (χ2n) is 8.01. The number of nitrogens with zero attached hydrogens (tertiary/aromatic N) is 1. The molecule has 1 unspecified atom stereocenters. The molecule has 0 aromatic heterocycles. The monoisotopic (exact) mass is 414 g/mol. The minimum atomic E-state index is -0.583. The number of aliphatic hydroxyl groups excluding tert-OH is 2. The molecule has 0 aliphatic carbocycles. The number of aliphatic hydroxyl groups is 2. The molecular weight excluding hydrogens is 380 g/mol. The van der Waals surface area contributed by atoms with Gasteiger partial charge in [0.15, 0.2) is 11.5 Å². The van der Waals surface area contributed by atoms with Crippen molar-refractivity contribution in [2.75, 3.05) is 33.4 Å². The second-order valence-corrected chi connectivity index (χ2v) is 8.01. The third kappa shape index (κ3) is 6.71. The second kappa shape index (κ2) is 11.3. The third-order valence-electron chi connectivity index (χ3n) is 5.59. The fourth-order valence-corrected chi connectivity index (χ4v) is 3.73. The minimum Gasteiger partial charge on any atom is -0.493 e. The SMILES string of the molecule is COc1cc(CNCc2ccccc2C)ccc1OCC(O)CN1CCC(O)CC1. The zero-order valence-corrected chi connectivity index (χ0v) is 18.0. The summed E-state index contributed by atoms with van der Waals surface area (Å²) in [6, 6.07) is 14.2. The molecule has 0 spiro atoms. The van der Waals surface area contributed by atoms with Crippen molar-refractivity contribution in [2.45, 2.75) is 45.1 Å². The molecule has 0 amide bonds. The number of piperidine rings is 1. The molecule has 3 rings (SSSR count). The highest BCUT2D eigenvalue weighted by Crippen LogP contribution is 2.28. The summed E-state index contributed by atoms with van der Waals surface area (Å²) in [4.78, 5) is 2.17. The molecule has 6 nitrogen and oxygen atoms in total.